The molecule has 0 aromatic heterocycles. The zero-order valence-electron chi connectivity index (χ0n) is 8.05. The van der Waals surface area contributed by atoms with E-state index in [2.05, 4.69) is 9.62 Å². The third-order valence-electron chi connectivity index (χ3n) is 1.45. The smallest absolute Gasteiger partial charge is 0.433 e. The van der Waals surface area contributed by atoms with Gasteiger partial charge in [0.1, 0.15) is 5.60 Å². The number of carbonyl (C=O) groups is 1. The van der Waals surface area contributed by atoms with Gasteiger partial charge >= 0.3 is 6.16 Å². The fourth-order valence-electron chi connectivity index (χ4n) is 0.348. The minimum Gasteiger partial charge on any atom is -0.433 e. The maximum atomic E-state index is 10.6. The highest BCUT2D eigenvalue weighted by atomic mass is 17.2. The van der Waals surface area contributed by atoms with E-state index in [1.807, 2.05) is 20.8 Å². The summed E-state index contributed by atoms with van der Waals surface area (Å²) >= 11 is 0. The summed E-state index contributed by atoms with van der Waals surface area (Å²) in [6.07, 6.45) is -0.0362. The van der Waals surface area contributed by atoms with E-state index >= 15 is 0 Å². The monoisotopic (exact) mass is 176 g/mol. The topological polar surface area (TPSA) is 44.8 Å². The lowest BCUT2D eigenvalue weighted by molar-refractivity contribution is -0.317. The third kappa shape index (κ3) is 4.96. The van der Waals surface area contributed by atoms with Gasteiger partial charge in [-0.1, -0.05) is 6.92 Å². The molecule has 0 aliphatic heterocycles. The van der Waals surface area contributed by atoms with Crippen LogP contribution in [0.25, 0.3) is 0 Å². The molecule has 0 rings (SSSR count). The first-order valence-corrected chi connectivity index (χ1v) is 4.04. The number of rotatable bonds is 4. The molecule has 12 heavy (non-hydrogen) atoms. The normalized spacial score (nSPS) is 11.0. The van der Waals surface area contributed by atoms with Crippen molar-refractivity contribution in [3.05, 3.63) is 0 Å². The van der Waals surface area contributed by atoms with Crippen LogP contribution in [-0.4, -0.2) is 18.4 Å². The van der Waals surface area contributed by atoms with Gasteiger partial charge in [-0.3, -0.25) is 4.89 Å². The lowest BCUT2D eigenvalue weighted by Crippen LogP contribution is -2.25. The summed E-state index contributed by atoms with van der Waals surface area (Å²) in [4.78, 5) is 19.8. The summed E-state index contributed by atoms with van der Waals surface area (Å²) in [7, 11) is 0. The summed E-state index contributed by atoms with van der Waals surface area (Å²) in [5.74, 6) is 0. The lowest BCUT2D eigenvalue weighted by atomic mass is 10.1. The second kappa shape index (κ2) is 4.98. The zero-order chi connectivity index (χ0) is 9.61. The molecule has 0 bridgehead atoms. The van der Waals surface area contributed by atoms with Crippen molar-refractivity contribution in [2.24, 2.45) is 0 Å². The van der Waals surface area contributed by atoms with Gasteiger partial charge in [0.2, 0.25) is 0 Å². The molecule has 0 amide bonds. The van der Waals surface area contributed by atoms with E-state index in [-0.39, 0.29) is 6.61 Å². The van der Waals surface area contributed by atoms with E-state index in [1.165, 1.54) is 0 Å². The average molecular weight is 176 g/mol. The van der Waals surface area contributed by atoms with Crippen LogP contribution in [0, 0.1) is 0 Å². The summed E-state index contributed by atoms with van der Waals surface area (Å²) in [6, 6.07) is 0. The van der Waals surface area contributed by atoms with E-state index in [0.29, 0.717) is 0 Å². The molecule has 0 fully saturated rings. The molecular formula is C8H16O4. The molecule has 0 aromatic rings. The summed E-state index contributed by atoms with van der Waals surface area (Å²) in [5.41, 5.74) is -0.452. The maximum Gasteiger partial charge on any atom is 0.540 e. The number of hydrogen-bond donors (Lipinski definition) is 0. The molecule has 0 spiro atoms. The molecule has 0 aliphatic rings. The molecular weight excluding hydrogens is 160 g/mol. The van der Waals surface area contributed by atoms with Crippen molar-refractivity contribution in [2.75, 3.05) is 6.61 Å². The summed E-state index contributed by atoms with van der Waals surface area (Å²) in [5, 5.41) is 0. The molecule has 0 atom stereocenters. The molecule has 72 valence electrons. The van der Waals surface area contributed by atoms with Crippen molar-refractivity contribution in [1.29, 1.82) is 0 Å². The van der Waals surface area contributed by atoms with Gasteiger partial charge in [-0.25, -0.2) is 4.79 Å². The van der Waals surface area contributed by atoms with E-state index in [4.69, 9.17) is 4.89 Å². The molecule has 0 saturated heterocycles. The second-order valence-electron chi connectivity index (χ2n) is 2.96. The van der Waals surface area contributed by atoms with Gasteiger partial charge in [0.05, 0.1) is 6.61 Å². The van der Waals surface area contributed by atoms with Gasteiger partial charge in [0.25, 0.3) is 0 Å². The fourth-order valence-corrected chi connectivity index (χ4v) is 0.348. The summed E-state index contributed by atoms with van der Waals surface area (Å²) < 4.78 is 4.50. The van der Waals surface area contributed by atoms with Gasteiger partial charge in [-0.05, 0) is 27.2 Å². The highest BCUT2D eigenvalue weighted by Crippen LogP contribution is 2.13. The Labute approximate surface area is 72.7 Å². The van der Waals surface area contributed by atoms with Crippen molar-refractivity contribution >= 4 is 6.16 Å². The number of ether oxygens (including phenoxy) is 1. The predicted octanol–water partition coefficient (Wildman–Crippen LogP) is 2.28. The van der Waals surface area contributed by atoms with E-state index in [9.17, 15) is 4.79 Å². The van der Waals surface area contributed by atoms with Gasteiger partial charge in [0.15, 0.2) is 0 Å². The van der Waals surface area contributed by atoms with Crippen LogP contribution in [0.2, 0.25) is 0 Å². The Morgan fingerprint density at radius 2 is 1.92 bits per heavy atom. The molecule has 0 saturated carbocycles. The molecule has 0 aliphatic carbocycles. The molecule has 4 heteroatoms. The average Bonchev–Trinajstić information content (AvgIpc) is 2.02. The van der Waals surface area contributed by atoms with Gasteiger partial charge in [-0.15, -0.1) is 0 Å². The minimum atomic E-state index is -0.793. The van der Waals surface area contributed by atoms with Crippen LogP contribution in [0.3, 0.4) is 0 Å². The van der Waals surface area contributed by atoms with Gasteiger partial charge in [0, 0.05) is 0 Å². The van der Waals surface area contributed by atoms with E-state index < -0.39 is 11.8 Å². The SMILES string of the molecule is CCOC(=O)OOC(C)(C)CC. The molecule has 0 unspecified atom stereocenters. The quantitative estimate of drug-likeness (QED) is 0.374. The Hall–Kier alpha value is -0.770. The van der Waals surface area contributed by atoms with Crippen molar-refractivity contribution < 1.29 is 19.3 Å². The zero-order valence-corrected chi connectivity index (χ0v) is 8.05. The van der Waals surface area contributed by atoms with Crippen LogP contribution in [0.1, 0.15) is 34.1 Å². The van der Waals surface area contributed by atoms with Crippen LogP contribution >= 0.6 is 0 Å². The highest BCUT2D eigenvalue weighted by Gasteiger charge is 2.19. The molecule has 0 N–H and O–H groups in total. The summed E-state index contributed by atoms with van der Waals surface area (Å²) in [6.45, 7) is 7.58. The first-order valence-electron chi connectivity index (χ1n) is 4.04. The van der Waals surface area contributed by atoms with Crippen molar-refractivity contribution in [1.82, 2.24) is 0 Å². The largest absolute Gasteiger partial charge is 0.540 e. The van der Waals surface area contributed by atoms with Crippen molar-refractivity contribution in [3.8, 4) is 0 Å². The maximum absolute atomic E-state index is 10.6. The van der Waals surface area contributed by atoms with Crippen LogP contribution in [-0.2, 0) is 14.5 Å². The van der Waals surface area contributed by atoms with Crippen LogP contribution < -0.4 is 0 Å². The van der Waals surface area contributed by atoms with Crippen molar-refractivity contribution in [3.63, 3.8) is 0 Å². The number of hydrogen-bond acceptors (Lipinski definition) is 4. The lowest BCUT2D eigenvalue weighted by Gasteiger charge is -2.19. The third-order valence-corrected chi connectivity index (χ3v) is 1.45. The van der Waals surface area contributed by atoms with Crippen LogP contribution in [0.15, 0.2) is 0 Å². The molecule has 0 radical (unpaired) electrons. The Morgan fingerprint density at radius 1 is 1.33 bits per heavy atom. The molecule has 4 nitrogen and oxygen atoms in total. The van der Waals surface area contributed by atoms with E-state index in [0.717, 1.165) is 6.42 Å². The van der Waals surface area contributed by atoms with Crippen LogP contribution in [0.4, 0.5) is 4.79 Å². The molecule has 0 heterocycles. The first-order chi connectivity index (χ1) is 5.52. The predicted molar refractivity (Wildman–Crippen MR) is 43.6 cm³/mol. The number of carbonyl (C=O) groups excluding carboxylic acids is 1. The van der Waals surface area contributed by atoms with Gasteiger partial charge < -0.3 is 4.74 Å². The Balaban J connectivity index is 3.60. The molecule has 0 aromatic carbocycles. The van der Waals surface area contributed by atoms with E-state index in [1.54, 1.807) is 6.92 Å². The van der Waals surface area contributed by atoms with Crippen LogP contribution in [0.5, 0.6) is 0 Å². The Kier molecular flexibility index (Phi) is 4.66. The minimum absolute atomic E-state index is 0.286. The van der Waals surface area contributed by atoms with Crippen molar-refractivity contribution in [2.45, 2.75) is 39.7 Å². The standard InChI is InChI=1S/C8H16O4/c1-5-8(3,4)12-11-7(9)10-6-2/h5-6H2,1-4H3. The first kappa shape index (κ1) is 11.2. The Morgan fingerprint density at radius 3 is 2.33 bits per heavy atom. The highest BCUT2D eigenvalue weighted by molar-refractivity contribution is 5.58. The second-order valence-corrected chi connectivity index (χ2v) is 2.96. The van der Waals surface area contributed by atoms with Gasteiger partial charge in [-0.2, -0.15) is 4.89 Å². The Bertz CT molecular complexity index is 142. The fraction of sp³-hybridized carbons (Fsp3) is 0.875.